The van der Waals surface area contributed by atoms with Crippen molar-refractivity contribution >= 4 is 34.4 Å². The van der Waals surface area contributed by atoms with E-state index in [1.54, 1.807) is 18.9 Å². The SMILES string of the molecule is CCC(CC)C(=O)N1CCCC1C(=O)NC(Cc1ccc2ccccc2c1)C(=O)N(C)CCNC(=O)C(C)N. The van der Waals surface area contributed by atoms with Crippen molar-refractivity contribution in [2.24, 2.45) is 11.7 Å². The first-order valence-electron chi connectivity index (χ1n) is 14.0. The van der Waals surface area contributed by atoms with Crippen molar-refractivity contribution in [2.75, 3.05) is 26.7 Å². The molecule has 9 nitrogen and oxygen atoms in total. The lowest BCUT2D eigenvalue weighted by molar-refractivity contribution is -0.143. The molecule has 3 atom stereocenters. The number of hydrogen-bond acceptors (Lipinski definition) is 5. The highest BCUT2D eigenvalue weighted by Gasteiger charge is 2.38. The van der Waals surface area contributed by atoms with Crippen LogP contribution in [0.2, 0.25) is 0 Å². The summed E-state index contributed by atoms with van der Waals surface area (Å²) in [5.41, 5.74) is 6.52. The average molecular weight is 538 g/mol. The zero-order valence-electron chi connectivity index (χ0n) is 23.6. The van der Waals surface area contributed by atoms with E-state index < -0.39 is 18.1 Å². The van der Waals surface area contributed by atoms with Crippen molar-refractivity contribution in [3.05, 3.63) is 48.0 Å². The van der Waals surface area contributed by atoms with Crippen LogP contribution in [0.5, 0.6) is 0 Å². The molecule has 1 aliphatic heterocycles. The summed E-state index contributed by atoms with van der Waals surface area (Å²) in [5.74, 6) is -0.949. The van der Waals surface area contributed by atoms with Crippen molar-refractivity contribution in [3.63, 3.8) is 0 Å². The van der Waals surface area contributed by atoms with Gasteiger partial charge in [-0.1, -0.05) is 56.3 Å². The second kappa shape index (κ2) is 14.1. The zero-order valence-corrected chi connectivity index (χ0v) is 23.6. The molecule has 0 bridgehead atoms. The molecule has 4 amide bonds. The van der Waals surface area contributed by atoms with Crippen molar-refractivity contribution in [3.8, 4) is 0 Å². The highest BCUT2D eigenvalue weighted by Crippen LogP contribution is 2.23. The summed E-state index contributed by atoms with van der Waals surface area (Å²) in [4.78, 5) is 55.2. The van der Waals surface area contributed by atoms with Crippen LogP contribution in [0.4, 0.5) is 0 Å². The van der Waals surface area contributed by atoms with E-state index in [-0.39, 0.29) is 42.6 Å². The van der Waals surface area contributed by atoms with E-state index in [1.165, 1.54) is 4.90 Å². The van der Waals surface area contributed by atoms with Crippen molar-refractivity contribution in [1.82, 2.24) is 20.4 Å². The van der Waals surface area contributed by atoms with Crippen LogP contribution in [0.15, 0.2) is 42.5 Å². The predicted molar refractivity (Wildman–Crippen MR) is 153 cm³/mol. The molecule has 9 heteroatoms. The molecule has 2 aromatic rings. The minimum absolute atomic E-state index is 0.0112. The fourth-order valence-corrected chi connectivity index (χ4v) is 5.13. The Labute approximate surface area is 231 Å². The normalized spacial score (nSPS) is 16.7. The molecule has 212 valence electrons. The third kappa shape index (κ3) is 7.79. The van der Waals surface area contributed by atoms with E-state index in [1.807, 2.05) is 56.3 Å². The Morgan fingerprint density at radius 3 is 2.44 bits per heavy atom. The van der Waals surface area contributed by atoms with Crippen LogP contribution in [0, 0.1) is 5.92 Å². The van der Waals surface area contributed by atoms with Gasteiger partial charge in [-0.2, -0.15) is 0 Å². The smallest absolute Gasteiger partial charge is 0.245 e. The Morgan fingerprint density at radius 1 is 1.08 bits per heavy atom. The van der Waals surface area contributed by atoms with Gasteiger partial charge in [-0.15, -0.1) is 0 Å². The molecular formula is C30H43N5O4. The topological polar surface area (TPSA) is 125 Å². The second-order valence-electron chi connectivity index (χ2n) is 10.5. The number of likely N-dealkylation sites (tertiary alicyclic amines) is 1. The molecule has 0 radical (unpaired) electrons. The van der Waals surface area contributed by atoms with Crippen LogP contribution in [0.3, 0.4) is 0 Å². The van der Waals surface area contributed by atoms with E-state index in [0.29, 0.717) is 19.4 Å². The highest BCUT2D eigenvalue weighted by atomic mass is 16.2. The lowest BCUT2D eigenvalue weighted by Crippen LogP contribution is -2.55. The molecule has 0 spiro atoms. The van der Waals surface area contributed by atoms with Gasteiger partial charge in [0.05, 0.1) is 6.04 Å². The standard InChI is InChI=1S/C30H43N5O4/c1-5-22(6-2)29(38)35-16-9-12-26(35)28(37)33-25(30(39)34(4)17-15-32-27(36)20(3)31)19-21-13-14-23-10-7-8-11-24(23)18-21/h7-8,10-11,13-14,18,20,22,25-26H,5-6,9,12,15-17,19,31H2,1-4H3,(H,32,36)(H,33,37). The fraction of sp³-hybridized carbons (Fsp3) is 0.533. The third-order valence-electron chi connectivity index (χ3n) is 7.58. The lowest BCUT2D eigenvalue weighted by Gasteiger charge is -2.30. The van der Waals surface area contributed by atoms with Gasteiger partial charge >= 0.3 is 0 Å². The first kappa shape index (κ1) is 30.1. The van der Waals surface area contributed by atoms with Crippen molar-refractivity contribution in [1.29, 1.82) is 0 Å². The van der Waals surface area contributed by atoms with Crippen molar-refractivity contribution in [2.45, 2.75) is 71.0 Å². The number of carbonyl (C=O) groups excluding carboxylic acids is 4. The maximum absolute atomic E-state index is 13.6. The molecule has 0 saturated carbocycles. The first-order valence-corrected chi connectivity index (χ1v) is 14.0. The molecule has 0 aliphatic carbocycles. The molecular weight excluding hydrogens is 494 g/mol. The summed E-state index contributed by atoms with van der Waals surface area (Å²) >= 11 is 0. The number of nitrogens with two attached hydrogens (primary N) is 1. The summed E-state index contributed by atoms with van der Waals surface area (Å²) in [6.07, 6.45) is 3.10. The van der Waals surface area contributed by atoms with Crippen LogP contribution in [0.25, 0.3) is 10.8 Å². The van der Waals surface area contributed by atoms with E-state index in [0.717, 1.165) is 35.6 Å². The largest absolute Gasteiger partial charge is 0.353 e. The van der Waals surface area contributed by atoms with Gasteiger partial charge in [0.2, 0.25) is 23.6 Å². The summed E-state index contributed by atoms with van der Waals surface area (Å²) in [6.45, 7) is 6.64. The Morgan fingerprint density at radius 2 is 1.77 bits per heavy atom. The number of rotatable bonds is 12. The van der Waals surface area contributed by atoms with Gasteiger partial charge in [-0.3, -0.25) is 19.2 Å². The van der Waals surface area contributed by atoms with Crippen LogP contribution >= 0.6 is 0 Å². The van der Waals surface area contributed by atoms with Crippen LogP contribution < -0.4 is 16.4 Å². The summed E-state index contributed by atoms with van der Waals surface area (Å²) < 4.78 is 0. The number of amides is 4. The van der Waals surface area contributed by atoms with E-state index in [2.05, 4.69) is 10.6 Å². The van der Waals surface area contributed by atoms with Gasteiger partial charge in [-0.05, 0) is 48.9 Å². The number of nitrogens with zero attached hydrogens (tertiary/aromatic N) is 2. The number of hydrogen-bond donors (Lipinski definition) is 3. The predicted octanol–water partition coefficient (Wildman–Crippen LogP) is 2.22. The summed E-state index contributed by atoms with van der Waals surface area (Å²) in [5, 5.41) is 7.84. The minimum atomic E-state index is -0.821. The number of fused-ring (bicyclic) bond motifs is 1. The summed E-state index contributed by atoms with van der Waals surface area (Å²) in [7, 11) is 1.65. The Kier molecular flexibility index (Phi) is 10.9. The second-order valence-corrected chi connectivity index (χ2v) is 10.5. The van der Waals surface area contributed by atoms with Gasteiger partial charge in [-0.25, -0.2) is 0 Å². The Hall–Kier alpha value is -3.46. The molecule has 1 fully saturated rings. The quantitative estimate of drug-likeness (QED) is 0.383. The zero-order chi connectivity index (χ0) is 28.5. The molecule has 1 saturated heterocycles. The van der Waals surface area contributed by atoms with Crippen LogP contribution in [0.1, 0.15) is 52.0 Å². The number of nitrogens with one attached hydrogen (secondary N) is 2. The third-order valence-corrected chi connectivity index (χ3v) is 7.58. The molecule has 2 aromatic carbocycles. The Bertz CT molecular complexity index is 1160. The van der Waals surface area contributed by atoms with E-state index in [4.69, 9.17) is 5.73 Å². The minimum Gasteiger partial charge on any atom is -0.353 e. The maximum atomic E-state index is 13.6. The Balaban J connectivity index is 1.78. The molecule has 3 unspecified atom stereocenters. The lowest BCUT2D eigenvalue weighted by atomic mass is 9.99. The number of carbonyl (C=O) groups is 4. The van der Waals surface area contributed by atoms with Gasteiger partial charge in [0, 0.05) is 39.0 Å². The highest BCUT2D eigenvalue weighted by molar-refractivity contribution is 5.93. The fourth-order valence-electron chi connectivity index (χ4n) is 5.13. The molecule has 0 aromatic heterocycles. The van der Waals surface area contributed by atoms with Gasteiger partial charge in [0.1, 0.15) is 12.1 Å². The first-order chi connectivity index (χ1) is 18.7. The van der Waals surface area contributed by atoms with Gasteiger partial charge in [0.25, 0.3) is 0 Å². The van der Waals surface area contributed by atoms with Gasteiger partial charge in [0.15, 0.2) is 0 Å². The van der Waals surface area contributed by atoms with Crippen LogP contribution in [-0.4, -0.2) is 78.2 Å². The summed E-state index contributed by atoms with van der Waals surface area (Å²) in [6, 6.07) is 12.0. The van der Waals surface area contributed by atoms with E-state index >= 15 is 0 Å². The number of likely N-dealkylation sites (N-methyl/N-ethyl adjacent to an activating group) is 1. The monoisotopic (exact) mass is 537 g/mol. The van der Waals surface area contributed by atoms with Gasteiger partial charge < -0.3 is 26.2 Å². The molecule has 1 aliphatic rings. The molecule has 1 heterocycles. The molecule has 3 rings (SSSR count). The maximum Gasteiger partial charge on any atom is 0.245 e. The molecule has 39 heavy (non-hydrogen) atoms. The van der Waals surface area contributed by atoms with E-state index in [9.17, 15) is 19.2 Å². The average Bonchev–Trinajstić information content (AvgIpc) is 3.43. The van der Waals surface area contributed by atoms with Crippen molar-refractivity contribution < 1.29 is 19.2 Å². The number of benzene rings is 2. The van der Waals surface area contributed by atoms with Crippen LogP contribution in [-0.2, 0) is 25.6 Å². The molecule has 4 N–H and O–H groups in total.